The lowest BCUT2D eigenvalue weighted by Crippen LogP contribution is -2.33. The Morgan fingerprint density at radius 1 is 1.32 bits per heavy atom. The molecule has 2 unspecified atom stereocenters. The number of fused-ring (bicyclic) bond motifs is 1. The molecule has 1 fully saturated rings. The molecule has 0 radical (unpaired) electrons. The van der Waals surface area contributed by atoms with Gasteiger partial charge in [0.2, 0.25) is 0 Å². The number of rotatable bonds is 3. The van der Waals surface area contributed by atoms with Crippen LogP contribution in [0.2, 0.25) is 0 Å². The van der Waals surface area contributed by atoms with Crippen LogP contribution in [0, 0.1) is 5.92 Å². The second-order valence-electron chi connectivity index (χ2n) is 5.94. The fourth-order valence-electron chi connectivity index (χ4n) is 3.28. The molecule has 1 N–H and O–H groups in total. The average molecular weight is 257 g/mol. The Labute approximate surface area is 115 Å². The maximum absolute atomic E-state index is 4.65. The summed E-state index contributed by atoms with van der Waals surface area (Å²) in [4.78, 5) is 0. The predicted molar refractivity (Wildman–Crippen MR) is 79.0 cm³/mol. The van der Waals surface area contributed by atoms with Crippen LogP contribution in [0.25, 0.3) is 10.9 Å². The van der Waals surface area contributed by atoms with E-state index in [9.17, 15) is 0 Å². The van der Waals surface area contributed by atoms with Gasteiger partial charge in [0.25, 0.3) is 0 Å². The van der Waals surface area contributed by atoms with Crippen molar-refractivity contribution in [2.75, 3.05) is 0 Å². The molecule has 0 amide bonds. The van der Waals surface area contributed by atoms with Crippen LogP contribution in [-0.4, -0.2) is 15.8 Å². The van der Waals surface area contributed by atoms with Gasteiger partial charge in [-0.25, -0.2) is 0 Å². The predicted octanol–water partition coefficient (Wildman–Crippen LogP) is 3.24. The molecule has 1 aromatic heterocycles. The van der Waals surface area contributed by atoms with Crippen molar-refractivity contribution in [2.45, 2.75) is 45.2 Å². The van der Waals surface area contributed by atoms with Gasteiger partial charge in [0.05, 0.1) is 11.2 Å². The molecule has 19 heavy (non-hydrogen) atoms. The number of nitrogens with zero attached hydrogens (tertiary/aromatic N) is 2. The van der Waals surface area contributed by atoms with Gasteiger partial charge >= 0.3 is 0 Å². The molecule has 3 heteroatoms. The third-order valence-electron chi connectivity index (χ3n) is 4.33. The summed E-state index contributed by atoms with van der Waals surface area (Å²) in [6.45, 7) is 3.25. The zero-order chi connectivity index (χ0) is 13.2. The van der Waals surface area contributed by atoms with E-state index >= 15 is 0 Å². The van der Waals surface area contributed by atoms with E-state index in [1.165, 1.54) is 42.3 Å². The van der Waals surface area contributed by atoms with E-state index in [0.29, 0.717) is 6.04 Å². The van der Waals surface area contributed by atoms with E-state index < -0.39 is 0 Å². The molecule has 102 valence electrons. The van der Waals surface area contributed by atoms with Gasteiger partial charge in [0, 0.05) is 25.0 Å². The smallest absolute Gasteiger partial charge is 0.0841 e. The second kappa shape index (κ2) is 5.33. The fourth-order valence-corrected chi connectivity index (χ4v) is 3.28. The number of aryl methyl sites for hydroxylation is 1. The van der Waals surface area contributed by atoms with E-state index in [2.05, 4.69) is 41.6 Å². The van der Waals surface area contributed by atoms with Crippen LogP contribution < -0.4 is 5.32 Å². The first-order chi connectivity index (χ1) is 9.24. The summed E-state index contributed by atoms with van der Waals surface area (Å²) in [7, 11) is 2.02. The third kappa shape index (κ3) is 2.66. The van der Waals surface area contributed by atoms with E-state index in [-0.39, 0.29) is 0 Å². The van der Waals surface area contributed by atoms with Crippen molar-refractivity contribution < 1.29 is 0 Å². The zero-order valence-electron chi connectivity index (χ0n) is 11.9. The Kier molecular flexibility index (Phi) is 3.56. The summed E-state index contributed by atoms with van der Waals surface area (Å²) in [5.41, 5.74) is 2.40. The summed E-state index contributed by atoms with van der Waals surface area (Å²) >= 11 is 0. The Balaban J connectivity index is 1.71. The Hall–Kier alpha value is -1.35. The van der Waals surface area contributed by atoms with Crippen LogP contribution in [0.4, 0.5) is 0 Å². The number of hydrogen-bond acceptors (Lipinski definition) is 2. The lowest BCUT2D eigenvalue weighted by atomic mass is 9.87. The van der Waals surface area contributed by atoms with Crippen molar-refractivity contribution >= 4 is 10.9 Å². The molecule has 3 nitrogen and oxygen atoms in total. The SMILES string of the molecule is CC1CCCC(NCc2nn(C)c3ccccc23)C1. The number of hydrogen-bond donors (Lipinski definition) is 1. The molecule has 0 bridgehead atoms. The molecule has 1 aliphatic carbocycles. The number of aromatic nitrogens is 2. The quantitative estimate of drug-likeness (QED) is 0.914. The lowest BCUT2D eigenvalue weighted by Gasteiger charge is -2.27. The maximum atomic E-state index is 4.65. The summed E-state index contributed by atoms with van der Waals surface area (Å²) in [5.74, 6) is 0.867. The zero-order valence-corrected chi connectivity index (χ0v) is 11.9. The molecule has 3 rings (SSSR count). The molecule has 0 saturated heterocycles. The molecule has 0 spiro atoms. The standard InChI is InChI=1S/C16H23N3/c1-12-6-5-7-13(10-12)17-11-15-14-8-3-4-9-16(14)19(2)18-15/h3-4,8-9,12-13,17H,5-7,10-11H2,1-2H3. The van der Waals surface area contributed by atoms with Crippen LogP contribution in [0.1, 0.15) is 38.3 Å². The van der Waals surface area contributed by atoms with Gasteiger partial charge in [-0.05, 0) is 24.8 Å². The molecular weight excluding hydrogens is 234 g/mol. The first-order valence-electron chi connectivity index (χ1n) is 7.38. The number of para-hydroxylation sites is 1. The molecule has 2 aromatic rings. The summed E-state index contributed by atoms with van der Waals surface area (Å²) in [6, 6.07) is 9.14. The third-order valence-corrected chi connectivity index (χ3v) is 4.33. The molecule has 1 heterocycles. The van der Waals surface area contributed by atoms with Crippen molar-refractivity contribution in [3.05, 3.63) is 30.0 Å². The second-order valence-corrected chi connectivity index (χ2v) is 5.94. The van der Waals surface area contributed by atoms with Crippen molar-refractivity contribution in [2.24, 2.45) is 13.0 Å². The van der Waals surface area contributed by atoms with E-state index in [1.54, 1.807) is 0 Å². The molecule has 1 saturated carbocycles. The van der Waals surface area contributed by atoms with Crippen LogP contribution in [0.15, 0.2) is 24.3 Å². The molecule has 0 aliphatic heterocycles. The molecule has 2 atom stereocenters. The van der Waals surface area contributed by atoms with Gasteiger partial charge in [0.15, 0.2) is 0 Å². The minimum Gasteiger partial charge on any atom is -0.308 e. The Bertz CT molecular complexity index is 558. The van der Waals surface area contributed by atoms with Gasteiger partial charge < -0.3 is 5.32 Å². The van der Waals surface area contributed by atoms with E-state index in [0.717, 1.165) is 12.5 Å². The number of nitrogens with one attached hydrogen (secondary N) is 1. The highest BCUT2D eigenvalue weighted by atomic mass is 15.3. The highest BCUT2D eigenvalue weighted by molar-refractivity contribution is 5.81. The normalized spacial score (nSPS) is 23.9. The monoisotopic (exact) mass is 257 g/mol. The first kappa shape index (κ1) is 12.7. The van der Waals surface area contributed by atoms with Gasteiger partial charge in [0.1, 0.15) is 0 Å². The van der Waals surface area contributed by atoms with Gasteiger partial charge in [-0.2, -0.15) is 5.10 Å². The number of benzene rings is 1. The van der Waals surface area contributed by atoms with Crippen molar-refractivity contribution in [1.29, 1.82) is 0 Å². The van der Waals surface area contributed by atoms with E-state index in [4.69, 9.17) is 0 Å². The van der Waals surface area contributed by atoms with Crippen LogP contribution >= 0.6 is 0 Å². The fraction of sp³-hybridized carbons (Fsp3) is 0.562. The van der Waals surface area contributed by atoms with E-state index in [1.807, 2.05) is 11.7 Å². The largest absolute Gasteiger partial charge is 0.308 e. The minimum atomic E-state index is 0.671. The van der Waals surface area contributed by atoms with Crippen molar-refractivity contribution in [3.8, 4) is 0 Å². The highest BCUT2D eigenvalue weighted by Crippen LogP contribution is 2.24. The lowest BCUT2D eigenvalue weighted by molar-refractivity contribution is 0.300. The molecule has 1 aliphatic rings. The summed E-state index contributed by atoms with van der Waals surface area (Å²) in [6.07, 6.45) is 5.38. The highest BCUT2D eigenvalue weighted by Gasteiger charge is 2.19. The maximum Gasteiger partial charge on any atom is 0.0841 e. The van der Waals surface area contributed by atoms with Crippen molar-refractivity contribution in [1.82, 2.24) is 15.1 Å². The van der Waals surface area contributed by atoms with Crippen LogP contribution in [-0.2, 0) is 13.6 Å². The first-order valence-corrected chi connectivity index (χ1v) is 7.38. The van der Waals surface area contributed by atoms with Gasteiger partial charge in [-0.1, -0.05) is 38.0 Å². The van der Waals surface area contributed by atoms with Crippen LogP contribution in [0.5, 0.6) is 0 Å². The van der Waals surface area contributed by atoms with Crippen LogP contribution in [0.3, 0.4) is 0 Å². The topological polar surface area (TPSA) is 29.9 Å². The Morgan fingerprint density at radius 2 is 2.16 bits per heavy atom. The van der Waals surface area contributed by atoms with Gasteiger partial charge in [-0.15, -0.1) is 0 Å². The van der Waals surface area contributed by atoms with Crippen molar-refractivity contribution in [3.63, 3.8) is 0 Å². The minimum absolute atomic E-state index is 0.671. The summed E-state index contributed by atoms with van der Waals surface area (Å²) in [5, 5.41) is 9.62. The Morgan fingerprint density at radius 3 is 3.00 bits per heavy atom. The van der Waals surface area contributed by atoms with Gasteiger partial charge in [-0.3, -0.25) is 4.68 Å². The molecular formula is C16H23N3. The average Bonchev–Trinajstić information content (AvgIpc) is 2.74. The summed E-state index contributed by atoms with van der Waals surface area (Å²) < 4.78 is 1.98. The molecule has 1 aromatic carbocycles.